The second-order valence-corrected chi connectivity index (χ2v) is 7.68. The predicted molar refractivity (Wildman–Crippen MR) is 101 cm³/mol. The lowest BCUT2D eigenvalue weighted by molar-refractivity contribution is -0.156. The Morgan fingerprint density at radius 1 is 1.35 bits per heavy atom. The van der Waals surface area contributed by atoms with Crippen LogP contribution in [0, 0.1) is 5.41 Å². The summed E-state index contributed by atoms with van der Waals surface area (Å²) in [6.45, 7) is 1.47. The highest BCUT2D eigenvalue weighted by Crippen LogP contribution is 2.46. The Kier molecular flexibility index (Phi) is 6.20. The Morgan fingerprint density at radius 2 is 2.15 bits per heavy atom. The first-order valence-electron chi connectivity index (χ1n) is 9.38. The van der Waals surface area contributed by atoms with Gasteiger partial charge in [-0.05, 0) is 30.9 Å². The van der Waals surface area contributed by atoms with E-state index in [1.807, 2.05) is 29.2 Å². The number of hydrogen-bond donors (Lipinski definition) is 1. The molecular weight excluding hydrogens is 352 g/mol. The molecule has 0 aromatic heterocycles. The van der Waals surface area contributed by atoms with Crippen LogP contribution in [0.5, 0.6) is 0 Å². The van der Waals surface area contributed by atoms with E-state index in [2.05, 4.69) is 5.32 Å². The first-order chi connectivity index (χ1) is 12.6. The minimum Gasteiger partial charge on any atom is -0.383 e. The van der Waals surface area contributed by atoms with Gasteiger partial charge in [-0.3, -0.25) is 9.59 Å². The molecule has 1 aliphatic heterocycles. The van der Waals surface area contributed by atoms with E-state index in [1.165, 1.54) is 0 Å². The summed E-state index contributed by atoms with van der Waals surface area (Å²) in [7, 11) is 1.64. The molecule has 1 saturated heterocycles. The van der Waals surface area contributed by atoms with Crippen LogP contribution < -0.4 is 5.32 Å². The second kappa shape index (κ2) is 8.40. The summed E-state index contributed by atoms with van der Waals surface area (Å²) >= 11 is 6.21. The molecule has 5 nitrogen and oxygen atoms in total. The van der Waals surface area contributed by atoms with Crippen molar-refractivity contribution in [2.75, 3.05) is 20.3 Å². The zero-order valence-electron chi connectivity index (χ0n) is 15.3. The number of halogens is 1. The van der Waals surface area contributed by atoms with Crippen LogP contribution in [0.3, 0.4) is 0 Å². The third-order valence-corrected chi connectivity index (χ3v) is 6.22. The molecule has 2 aliphatic rings. The molecule has 2 fully saturated rings. The average Bonchev–Trinajstić information content (AvgIpc) is 2.66. The molecule has 1 heterocycles. The van der Waals surface area contributed by atoms with Crippen LogP contribution in [0.15, 0.2) is 24.3 Å². The minimum atomic E-state index is -0.485. The van der Waals surface area contributed by atoms with Crippen molar-refractivity contribution in [1.29, 1.82) is 0 Å². The molecule has 1 aliphatic carbocycles. The third-order valence-electron chi connectivity index (χ3n) is 5.86. The van der Waals surface area contributed by atoms with Gasteiger partial charge in [0.25, 0.3) is 0 Å². The third kappa shape index (κ3) is 3.74. The molecule has 0 spiro atoms. The highest BCUT2D eigenvalue weighted by Gasteiger charge is 2.52. The van der Waals surface area contributed by atoms with E-state index < -0.39 is 5.41 Å². The van der Waals surface area contributed by atoms with Crippen molar-refractivity contribution in [3.05, 3.63) is 34.9 Å². The zero-order chi connectivity index (χ0) is 18.6. The summed E-state index contributed by atoms with van der Waals surface area (Å²) in [5.74, 6) is 0.195. The standard InChI is InChI=1S/C20H27ClN2O3/c1-26-13-12-23-17-8-4-5-10-20(17,11-9-18(23)24)19(25)22-14-15-6-2-3-7-16(15)21/h2-3,6-7,17H,4-5,8-14H2,1H3,(H,22,25)/t17-,20-/m1/s1. The van der Waals surface area contributed by atoms with Gasteiger partial charge in [0.05, 0.1) is 12.0 Å². The monoisotopic (exact) mass is 378 g/mol. The lowest BCUT2D eigenvalue weighted by Gasteiger charge is -2.51. The second-order valence-electron chi connectivity index (χ2n) is 7.27. The number of likely N-dealkylation sites (tertiary alicyclic amines) is 1. The predicted octanol–water partition coefficient (Wildman–Crippen LogP) is 3.15. The molecule has 142 valence electrons. The van der Waals surface area contributed by atoms with E-state index in [0.29, 0.717) is 37.6 Å². The normalized spacial score (nSPS) is 25.7. The van der Waals surface area contributed by atoms with Gasteiger partial charge in [-0.15, -0.1) is 0 Å². The Bertz CT molecular complexity index is 666. The van der Waals surface area contributed by atoms with Crippen LogP contribution in [0.4, 0.5) is 0 Å². The Morgan fingerprint density at radius 3 is 2.92 bits per heavy atom. The van der Waals surface area contributed by atoms with Crippen LogP contribution in [-0.4, -0.2) is 43.0 Å². The number of nitrogens with zero attached hydrogens (tertiary/aromatic N) is 1. The molecular formula is C20H27ClN2O3. The van der Waals surface area contributed by atoms with Gasteiger partial charge in [0.1, 0.15) is 0 Å². The van der Waals surface area contributed by atoms with Crippen molar-refractivity contribution in [3.63, 3.8) is 0 Å². The van der Waals surface area contributed by atoms with Gasteiger partial charge in [-0.1, -0.05) is 42.6 Å². The number of fused-ring (bicyclic) bond motifs is 1. The molecule has 2 atom stereocenters. The molecule has 1 N–H and O–H groups in total. The van der Waals surface area contributed by atoms with Gasteiger partial charge < -0.3 is 15.0 Å². The maximum Gasteiger partial charge on any atom is 0.228 e. The Hall–Kier alpha value is -1.59. The largest absolute Gasteiger partial charge is 0.383 e. The number of amides is 2. The molecule has 0 unspecified atom stereocenters. The molecule has 3 rings (SSSR count). The number of ether oxygens (including phenoxy) is 1. The van der Waals surface area contributed by atoms with E-state index in [9.17, 15) is 9.59 Å². The number of nitrogens with one attached hydrogen (secondary N) is 1. The van der Waals surface area contributed by atoms with Crippen molar-refractivity contribution in [3.8, 4) is 0 Å². The summed E-state index contributed by atoms with van der Waals surface area (Å²) in [5.41, 5.74) is 0.427. The molecule has 1 aromatic carbocycles. The first kappa shape index (κ1) is 19.2. The maximum absolute atomic E-state index is 13.2. The van der Waals surface area contributed by atoms with Gasteiger partial charge in [0.15, 0.2) is 0 Å². The highest BCUT2D eigenvalue weighted by molar-refractivity contribution is 6.31. The fourth-order valence-electron chi connectivity index (χ4n) is 4.46. The van der Waals surface area contributed by atoms with Crippen LogP contribution in [0.1, 0.15) is 44.1 Å². The number of benzene rings is 1. The number of carbonyl (C=O) groups is 2. The molecule has 0 bridgehead atoms. The number of carbonyl (C=O) groups excluding carboxylic acids is 2. The fraction of sp³-hybridized carbons (Fsp3) is 0.600. The molecule has 1 saturated carbocycles. The topological polar surface area (TPSA) is 58.6 Å². The van der Waals surface area contributed by atoms with E-state index in [0.717, 1.165) is 31.2 Å². The van der Waals surface area contributed by atoms with Crippen LogP contribution in [0.2, 0.25) is 5.02 Å². The van der Waals surface area contributed by atoms with E-state index >= 15 is 0 Å². The average molecular weight is 379 g/mol. The van der Waals surface area contributed by atoms with Crippen molar-refractivity contribution in [2.45, 2.75) is 51.1 Å². The quantitative estimate of drug-likeness (QED) is 0.827. The van der Waals surface area contributed by atoms with E-state index in [1.54, 1.807) is 7.11 Å². The molecule has 6 heteroatoms. The van der Waals surface area contributed by atoms with Gasteiger partial charge in [0.2, 0.25) is 11.8 Å². The summed E-state index contributed by atoms with van der Waals surface area (Å²) in [5, 5.41) is 3.76. The zero-order valence-corrected chi connectivity index (χ0v) is 16.1. The van der Waals surface area contributed by atoms with Crippen LogP contribution >= 0.6 is 11.6 Å². The highest BCUT2D eigenvalue weighted by atomic mass is 35.5. The van der Waals surface area contributed by atoms with Crippen molar-refractivity contribution in [2.24, 2.45) is 5.41 Å². The lowest BCUT2D eigenvalue weighted by Crippen LogP contribution is -2.62. The summed E-state index contributed by atoms with van der Waals surface area (Å²) < 4.78 is 5.18. The summed E-state index contributed by atoms with van der Waals surface area (Å²) in [6, 6.07) is 7.52. The Balaban J connectivity index is 1.76. The summed E-state index contributed by atoms with van der Waals surface area (Å²) in [6.07, 6.45) is 4.87. The number of piperidine rings is 1. The number of methoxy groups -OCH3 is 1. The molecule has 26 heavy (non-hydrogen) atoms. The first-order valence-corrected chi connectivity index (χ1v) is 9.76. The van der Waals surface area contributed by atoms with Crippen molar-refractivity contribution < 1.29 is 14.3 Å². The van der Waals surface area contributed by atoms with Crippen LogP contribution in [-0.2, 0) is 20.9 Å². The SMILES string of the molecule is COCCN1C(=O)CC[C@]2(C(=O)NCc3ccccc3Cl)CCCC[C@@H]12. The van der Waals surface area contributed by atoms with Crippen molar-refractivity contribution >= 4 is 23.4 Å². The number of hydrogen-bond acceptors (Lipinski definition) is 3. The smallest absolute Gasteiger partial charge is 0.228 e. The van der Waals surface area contributed by atoms with E-state index in [4.69, 9.17) is 16.3 Å². The van der Waals surface area contributed by atoms with E-state index in [-0.39, 0.29) is 17.9 Å². The van der Waals surface area contributed by atoms with Gasteiger partial charge in [-0.2, -0.15) is 0 Å². The Labute approximate surface area is 160 Å². The number of rotatable bonds is 6. The lowest BCUT2D eigenvalue weighted by atomic mass is 9.64. The van der Waals surface area contributed by atoms with Gasteiger partial charge in [-0.25, -0.2) is 0 Å². The maximum atomic E-state index is 13.2. The minimum absolute atomic E-state index is 0.0288. The van der Waals surface area contributed by atoms with Gasteiger partial charge in [0, 0.05) is 37.7 Å². The molecule has 0 radical (unpaired) electrons. The fourth-order valence-corrected chi connectivity index (χ4v) is 4.66. The van der Waals surface area contributed by atoms with Gasteiger partial charge >= 0.3 is 0 Å². The van der Waals surface area contributed by atoms with Crippen molar-refractivity contribution in [1.82, 2.24) is 10.2 Å². The van der Waals surface area contributed by atoms with Crippen LogP contribution in [0.25, 0.3) is 0 Å². The molecule has 2 amide bonds. The summed E-state index contributed by atoms with van der Waals surface area (Å²) in [4.78, 5) is 27.6. The molecule has 1 aromatic rings.